The van der Waals surface area contributed by atoms with Crippen molar-refractivity contribution in [2.75, 3.05) is 32.4 Å². The zero-order valence-corrected chi connectivity index (χ0v) is 12.3. The Morgan fingerprint density at radius 3 is 2.18 bits per heavy atom. The Bertz CT molecular complexity index is 325. The minimum Gasteiger partial charge on any atom is -0.316 e. The van der Waals surface area contributed by atoms with Crippen molar-refractivity contribution in [2.45, 2.75) is 33.6 Å². The van der Waals surface area contributed by atoms with Gasteiger partial charge in [-0.3, -0.25) is 0 Å². The molecule has 0 aliphatic carbocycles. The second kappa shape index (κ2) is 5.67. The molecule has 102 valence electrons. The highest BCUT2D eigenvalue weighted by atomic mass is 32.2. The molecule has 0 radical (unpaired) electrons. The van der Waals surface area contributed by atoms with Crippen LogP contribution in [0.25, 0.3) is 0 Å². The monoisotopic (exact) mass is 262 g/mol. The summed E-state index contributed by atoms with van der Waals surface area (Å²) >= 11 is 0. The minimum atomic E-state index is -2.98. The van der Waals surface area contributed by atoms with Gasteiger partial charge >= 0.3 is 0 Å². The van der Waals surface area contributed by atoms with Crippen molar-refractivity contribution in [3.05, 3.63) is 0 Å². The molecule has 1 aliphatic rings. The van der Waals surface area contributed by atoms with Crippen LogP contribution in [0.3, 0.4) is 0 Å². The molecule has 17 heavy (non-hydrogen) atoms. The summed E-state index contributed by atoms with van der Waals surface area (Å²) in [7, 11) is -2.98. The van der Waals surface area contributed by atoms with Gasteiger partial charge in [0.05, 0.1) is 6.26 Å². The molecule has 5 heteroatoms. The topological polar surface area (TPSA) is 49.4 Å². The first-order valence-electron chi connectivity index (χ1n) is 6.34. The zero-order valence-electron chi connectivity index (χ0n) is 11.5. The summed E-state index contributed by atoms with van der Waals surface area (Å²) < 4.78 is 24.3. The fourth-order valence-electron chi connectivity index (χ4n) is 2.10. The summed E-state index contributed by atoms with van der Waals surface area (Å²) in [5.41, 5.74) is 0.313. The van der Waals surface area contributed by atoms with Crippen LogP contribution in [0.1, 0.15) is 33.6 Å². The van der Waals surface area contributed by atoms with Crippen molar-refractivity contribution < 1.29 is 8.42 Å². The molecule has 0 unspecified atom stereocenters. The number of nitrogens with zero attached hydrogens (tertiary/aromatic N) is 1. The van der Waals surface area contributed by atoms with Gasteiger partial charge in [0.1, 0.15) is 0 Å². The van der Waals surface area contributed by atoms with Crippen LogP contribution in [-0.2, 0) is 10.0 Å². The second-order valence-electron chi connectivity index (χ2n) is 6.30. The molecule has 0 aromatic rings. The highest BCUT2D eigenvalue weighted by molar-refractivity contribution is 7.88. The van der Waals surface area contributed by atoms with E-state index in [-0.39, 0.29) is 0 Å². The third kappa shape index (κ3) is 5.84. The molecule has 1 heterocycles. The highest BCUT2D eigenvalue weighted by Gasteiger charge is 2.24. The molecule has 0 saturated carbocycles. The van der Waals surface area contributed by atoms with Crippen LogP contribution in [0.15, 0.2) is 0 Å². The quantitative estimate of drug-likeness (QED) is 0.830. The van der Waals surface area contributed by atoms with Gasteiger partial charge < -0.3 is 5.32 Å². The van der Waals surface area contributed by atoms with E-state index in [4.69, 9.17) is 0 Å². The van der Waals surface area contributed by atoms with Crippen molar-refractivity contribution in [3.8, 4) is 0 Å². The van der Waals surface area contributed by atoms with Crippen LogP contribution in [0.4, 0.5) is 0 Å². The first kappa shape index (κ1) is 14.9. The standard InChI is InChI=1S/C12H26N2O2S/c1-12(2,3)10-13-9-11-5-7-14(8-6-11)17(4,15)16/h11,13H,5-10H2,1-4H3. The fraction of sp³-hybridized carbons (Fsp3) is 1.00. The van der Waals surface area contributed by atoms with Crippen molar-refractivity contribution >= 4 is 10.0 Å². The average Bonchev–Trinajstić information content (AvgIpc) is 2.15. The predicted octanol–water partition coefficient (Wildman–Crippen LogP) is 1.29. The lowest BCUT2D eigenvalue weighted by molar-refractivity contribution is 0.259. The van der Waals surface area contributed by atoms with E-state index in [9.17, 15) is 8.42 Å². The average molecular weight is 262 g/mol. The van der Waals surface area contributed by atoms with Crippen LogP contribution in [-0.4, -0.2) is 45.2 Å². The minimum absolute atomic E-state index is 0.313. The molecule has 0 atom stereocenters. The molecule has 4 nitrogen and oxygen atoms in total. The van der Waals surface area contributed by atoms with E-state index < -0.39 is 10.0 Å². The first-order valence-corrected chi connectivity index (χ1v) is 8.19. The van der Waals surface area contributed by atoms with Gasteiger partial charge in [-0.15, -0.1) is 0 Å². The Labute approximate surface area is 106 Å². The maximum absolute atomic E-state index is 11.3. The molecule has 0 amide bonds. The van der Waals surface area contributed by atoms with Gasteiger partial charge in [-0.2, -0.15) is 0 Å². The normalized spacial score (nSPS) is 20.7. The second-order valence-corrected chi connectivity index (χ2v) is 8.28. The van der Waals surface area contributed by atoms with E-state index in [1.165, 1.54) is 6.26 Å². The Balaban J connectivity index is 2.24. The largest absolute Gasteiger partial charge is 0.316 e. The van der Waals surface area contributed by atoms with Crippen LogP contribution < -0.4 is 5.32 Å². The Morgan fingerprint density at radius 1 is 1.24 bits per heavy atom. The van der Waals surface area contributed by atoms with Crippen molar-refractivity contribution in [3.63, 3.8) is 0 Å². The number of piperidine rings is 1. The summed E-state index contributed by atoms with van der Waals surface area (Å²) in [6.07, 6.45) is 3.25. The molecule has 1 fully saturated rings. The molecule has 0 spiro atoms. The van der Waals surface area contributed by atoms with Gasteiger partial charge in [-0.05, 0) is 37.3 Å². The molecule has 1 saturated heterocycles. The van der Waals surface area contributed by atoms with Crippen LogP contribution in [0.5, 0.6) is 0 Å². The number of hydrogen-bond acceptors (Lipinski definition) is 3. The summed E-state index contributed by atoms with van der Waals surface area (Å²) in [6, 6.07) is 0. The van der Waals surface area contributed by atoms with Crippen LogP contribution in [0, 0.1) is 11.3 Å². The first-order chi connectivity index (χ1) is 7.68. The third-order valence-corrected chi connectivity index (χ3v) is 4.43. The van der Waals surface area contributed by atoms with Gasteiger partial charge in [-0.25, -0.2) is 12.7 Å². The van der Waals surface area contributed by atoms with Crippen LogP contribution in [0.2, 0.25) is 0 Å². The molecular formula is C12H26N2O2S. The van der Waals surface area contributed by atoms with E-state index >= 15 is 0 Å². The summed E-state index contributed by atoms with van der Waals surface area (Å²) in [5.74, 6) is 0.621. The van der Waals surface area contributed by atoms with E-state index in [0.717, 1.165) is 25.9 Å². The summed E-state index contributed by atoms with van der Waals surface area (Å²) in [6.45, 7) is 10.0. The Morgan fingerprint density at radius 2 is 1.76 bits per heavy atom. The van der Waals surface area contributed by atoms with Crippen molar-refractivity contribution in [2.24, 2.45) is 11.3 Å². The summed E-state index contributed by atoms with van der Waals surface area (Å²) in [5, 5.41) is 3.48. The third-order valence-electron chi connectivity index (χ3n) is 3.13. The predicted molar refractivity (Wildman–Crippen MR) is 71.5 cm³/mol. The highest BCUT2D eigenvalue weighted by Crippen LogP contribution is 2.19. The molecule has 0 bridgehead atoms. The molecule has 1 N–H and O–H groups in total. The van der Waals surface area contributed by atoms with E-state index in [0.29, 0.717) is 24.4 Å². The SMILES string of the molecule is CC(C)(C)CNCC1CCN(S(C)(=O)=O)CC1. The number of hydrogen-bond donors (Lipinski definition) is 1. The zero-order chi connectivity index (χ0) is 13.1. The Hall–Kier alpha value is -0.130. The van der Waals surface area contributed by atoms with E-state index in [1.807, 2.05) is 0 Å². The van der Waals surface area contributed by atoms with Gasteiger partial charge in [-0.1, -0.05) is 20.8 Å². The molecule has 0 aromatic heterocycles. The lowest BCUT2D eigenvalue weighted by atomic mass is 9.95. The smallest absolute Gasteiger partial charge is 0.211 e. The maximum atomic E-state index is 11.3. The number of nitrogens with one attached hydrogen (secondary N) is 1. The summed E-state index contributed by atoms with van der Waals surface area (Å²) in [4.78, 5) is 0. The fourth-order valence-corrected chi connectivity index (χ4v) is 2.97. The molecular weight excluding hydrogens is 236 g/mol. The van der Waals surface area contributed by atoms with Crippen molar-refractivity contribution in [1.29, 1.82) is 0 Å². The lowest BCUT2D eigenvalue weighted by Crippen LogP contribution is -2.41. The van der Waals surface area contributed by atoms with E-state index in [2.05, 4.69) is 26.1 Å². The van der Waals surface area contributed by atoms with Crippen molar-refractivity contribution in [1.82, 2.24) is 9.62 Å². The molecule has 0 aromatic carbocycles. The maximum Gasteiger partial charge on any atom is 0.211 e. The molecule has 1 rings (SSSR count). The van der Waals surface area contributed by atoms with Gasteiger partial charge in [0.15, 0.2) is 0 Å². The number of rotatable bonds is 4. The van der Waals surface area contributed by atoms with Gasteiger partial charge in [0.25, 0.3) is 0 Å². The van der Waals surface area contributed by atoms with Gasteiger partial charge in [0.2, 0.25) is 10.0 Å². The molecule has 1 aliphatic heterocycles. The number of sulfonamides is 1. The Kier molecular flexibility index (Phi) is 4.98. The van der Waals surface area contributed by atoms with Crippen LogP contribution >= 0.6 is 0 Å². The van der Waals surface area contributed by atoms with Gasteiger partial charge in [0, 0.05) is 13.1 Å². The lowest BCUT2D eigenvalue weighted by Gasteiger charge is -2.31. The van der Waals surface area contributed by atoms with E-state index in [1.54, 1.807) is 4.31 Å².